The number of rotatable bonds is 6. The zero-order chi connectivity index (χ0) is 31.4. The van der Waals surface area contributed by atoms with Crippen molar-refractivity contribution in [3.63, 3.8) is 0 Å². The van der Waals surface area contributed by atoms with Gasteiger partial charge in [-0.15, -0.1) is 0 Å². The smallest absolute Gasteiger partial charge is 0.201 e. The average Bonchev–Trinajstić information content (AvgIpc) is 3.38. The summed E-state index contributed by atoms with van der Waals surface area (Å²) in [6, 6.07) is 0. The second-order valence-corrected chi connectivity index (χ2v) is 16.1. The van der Waals surface area contributed by atoms with Crippen LogP contribution in [0.3, 0.4) is 0 Å². The van der Waals surface area contributed by atoms with Crippen LogP contribution < -0.4 is 0 Å². The van der Waals surface area contributed by atoms with Gasteiger partial charge in [0.15, 0.2) is 23.8 Å². The van der Waals surface area contributed by atoms with Crippen LogP contribution in [0.5, 0.6) is 0 Å². The Kier molecular flexibility index (Phi) is 7.59. The lowest BCUT2D eigenvalue weighted by Crippen LogP contribution is -2.71. The minimum Gasteiger partial charge on any atom is -0.392 e. The van der Waals surface area contributed by atoms with Crippen LogP contribution in [0.15, 0.2) is 17.8 Å². The van der Waals surface area contributed by atoms with Crippen LogP contribution in [-0.2, 0) is 43.3 Å². The predicted octanol–water partition coefficient (Wildman–Crippen LogP) is 6.44. The summed E-state index contributed by atoms with van der Waals surface area (Å²) in [5, 5.41) is 4.77. The fraction of sp³-hybridized carbons (Fsp3) is 0.914. The van der Waals surface area contributed by atoms with E-state index < -0.39 is 35.4 Å². The lowest BCUT2D eigenvalue weighted by Gasteiger charge is -2.61. The topological polar surface area (TPSA) is 95.4 Å². The molecule has 0 N–H and O–H groups in total. The van der Waals surface area contributed by atoms with Crippen molar-refractivity contribution in [2.24, 2.45) is 52.5 Å². The highest BCUT2D eigenvalue weighted by molar-refractivity contribution is 5.89. The SMILES string of the molecule is C=CCO/N=C(/C[C@H]1O[C@@H]2O[C@@]3(C)CC[C@H]4[C@H](C)CC[C@@H]([C@H]1C)[C@@]24OO3)[C@H]1O[C@@H]2O[C@@]3(C)CC[C@H]4[C@H](C)CC[C@@H]([C@H]1C)[C@@]24OO3. The van der Waals surface area contributed by atoms with Crippen molar-refractivity contribution in [3.05, 3.63) is 12.7 Å². The molecule has 2 saturated carbocycles. The third-order valence-corrected chi connectivity index (χ3v) is 13.6. The Labute approximate surface area is 267 Å². The molecule has 10 nitrogen and oxygen atoms in total. The van der Waals surface area contributed by atoms with Gasteiger partial charge in [0.1, 0.15) is 12.7 Å². The van der Waals surface area contributed by atoms with Gasteiger partial charge in [-0.3, -0.25) is 0 Å². The Bertz CT molecular complexity index is 1200. The van der Waals surface area contributed by atoms with Crippen molar-refractivity contribution in [3.8, 4) is 0 Å². The van der Waals surface area contributed by atoms with Gasteiger partial charge in [-0.1, -0.05) is 45.5 Å². The minimum absolute atomic E-state index is 0.0999. The maximum atomic E-state index is 7.02. The largest absolute Gasteiger partial charge is 0.392 e. The van der Waals surface area contributed by atoms with Gasteiger partial charge in [0.05, 0.1) is 11.8 Å². The van der Waals surface area contributed by atoms with E-state index in [4.69, 9.17) is 48.5 Å². The first-order valence-electron chi connectivity index (χ1n) is 17.7. The molecule has 0 amide bonds. The molecular formula is C35H53NO9. The van der Waals surface area contributed by atoms with Gasteiger partial charge in [0.25, 0.3) is 0 Å². The first-order chi connectivity index (χ1) is 21.5. The summed E-state index contributed by atoms with van der Waals surface area (Å²) in [5.41, 5.74) is -0.402. The third-order valence-electron chi connectivity index (χ3n) is 13.6. The molecule has 252 valence electrons. The number of oxime groups is 1. The standard InChI is InChI=1S/C35H53NO9/c1-8-17-37-36-27(29-22(5)26-12-10-20(3)24-14-16-33(7)41-31(39-29)35(24,26)45-43-33)18-28-21(4)25-11-9-19(2)23-13-15-32(6)40-30(38-28)34(23,25)44-42-32/h8,19-26,28-31H,1,9-18H2,2-7H3/b36-27-/t19-,20-,21-,22-,23+,24+,25+,26+,28-,29+,30-,31-,32-,33-,34-,35-/m1/s1. The molecule has 2 spiro atoms. The van der Waals surface area contributed by atoms with Crippen LogP contribution in [0.4, 0.5) is 0 Å². The Morgan fingerprint density at radius 1 is 0.733 bits per heavy atom. The van der Waals surface area contributed by atoms with Crippen LogP contribution in [0.25, 0.3) is 0 Å². The first-order valence-corrected chi connectivity index (χ1v) is 17.7. The average molecular weight is 632 g/mol. The molecule has 10 fully saturated rings. The van der Waals surface area contributed by atoms with E-state index in [0.717, 1.165) is 57.1 Å². The van der Waals surface area contributed by atoms with Gasteiger partial charge in [-0.25, -0.2) is 19.6 Å². The highest BCUT2D eigenvalue weighted by Gasteiger charge is 2.71. The summed E-state index contributed by atoms with van der Waals surface area (Å²) in [7, 11) is 0. The molecule has 2 aliphatic carbocycles. The number of ether oxygens (including phenoxy) is 4. The van der Waals surface area contributed by atoms with Gasteiger partial charge in [0.2, 0.25) is 11.6 Å². The Morgan fingerprint density at radius 2 is 1.29 bits per heavy atom. The highest BCUT2D eigenvalue weighted by Crippen LogP contribution is 2.63. The van der Waals surface area contributed by atoms with E-state index >= 15 is 0 Å². The van der Waals surface area contributed by atoms with Crippen molar-refractivity contribution < 1.29 is 43.3 Å². The Morgan fingerprint density at radius 3 is 1.87 bits per heavy atom. The second-order valence-electron chi connectivity index (χ2n) is 16.1. The summed E-state index contributed by atoms with van der Waals surface area (Å²) in [6.07, 6.45) is 8.67. The molecule has 8 saturated heterocycles. The van der Waals surface area contributed by atoms with E-state index in [0.29, 0.717) is 36.7 Å². The normalized spacial score (nSPS) is 56.9. The number of hydrogen-bond acceptors (Lipinski definition) is 10. The van der Waals surface area contributed by atoms with Gasteiger partial charge >= 0.3 is 0 Å². The molecule has 0 aromatic heterocycles. The Hall–Kier alpha value is -1.11. The van der Waals surface area contributed by atoms with Gasteiger partial charge < -0.3 is 23.8 Å². The quantitative estimate of drug-likeness (QED) is 0.108. The van der Waals surface area contributed by atoms with Crippen molar-refractivity contribution in [1.29, 1.82) is 0 Å². The summed E-state index contributed by atoms with van der Waals surface area (Å²) >= 11 is 0. The zero-order valence-electron chi connectivity index (χ0n) is 27.9. The third kappa shape index (κ3) is 4.52. The molecule has 8 heterocycles. The van der Waals surface area contributed by atoms with Crippen LogP contribution in [0, 0.1) is 47.3 Å². The molecule has 45 heavy (non-hydrogen) atoms. The Balaban J connectivity index is 1.11. The molecule has 10 heteroatoms. The van der Waals surface area contributed by atoms with E-state index in [-0.39, 0.29) is 35.9 Å². The second kappa shape index (κ2) is 11.0. The number of fused-ring (bicyclic) bond motifs is 4. The molecule has 16 atom stereocenters. The lowest BCUT2D eigenvalue weighted by atomic mass is 9.56. The minimum atomic E-state index is -0.836. The van der Waals surface area contributed by atoms with E-state index in [2.05, 4.69) is 34.3 Å². The van der Waals surface area contributed by atoms with Crippen molar-refractivity contribution in [2.75, 3.05) is 6.61 Å². The molecule has 4 bridgehead atoms. The van der Waals surface area contributed by atoms with Crippen LogP contribution in [0.1, 0.15) is 99.3 Å². The van der Waals surface area contributed by atoms with Crippen molar-refractivity contribution in [1.82, 2.24) is 0 Å². The maximum Gasteiger partial charge on any atom is 0.201 e. The molecule has 8 aliphatic heterocycles. The molecule has 0 unspecified atom stereocenters. The van der Waals surface area contributed by atoms with Crippen LogP contribution in [-0.4, -0.2) is 59.9 Å². The highest BCUT2D eigenvalue weighted by atomic mass is 17.3. The first kappa shape index (κ1) is 31.2. The van der Waals surface area contributed by atoms with Gasteiger partial charge in [0, 0.05) is 31.1 Å². The summed E-state index contributed by atoms with van der Waals surface area (Å²) in [5.74, 6) is 0.701. The molecule has 0 radical (unpaired) electrons. The van der Waals surface area contributed by atoms with E-state index in [1.54, 1.807) is 6.08 Å². The summed E-state index contributed by atoms with van der Waals surface area (Å²) < 4.78 is 27.3. The summed E-state index contributed by atoms with van der Waals surface area (Å²) in [4.78, 5) is 30.7. The van der Waals surface area contributed by atoms with Crippen LogP contribution >= 0.6 is 0 Å². The molecule has 10 aliphatic rings. The molecular weight excluding hydrogens is 578 g/mol. The molecule has 0 aromatic rings. The number of hydrogen-bond donors (Lipinski definition) is 0. The molecule has 10 rings (SSSR count). The fourth-order valence-corrected chi connectivity index (χ4v) is 11.1. The van der Waals surface area contributed by atoms with E-state index in [1.807, 2.05) is 13.8 Å². The lowest BCUT2D eigenvalue weighted by molar-refractivity contribution is -0.571. The van der Waals surface area contributed by atoms with Gasteiger partial charge in [-0.05, 0) is 87.9 Å². The summed E-state index contributed by atoms with van der Waals surface area (Å²) in [6.45, 7) is 17.3. The van der Waals surface area contributed by atoms with E-state index in [1.165, 1.54) is 0 Å². The van der Waals surface area contributed by atoms with Crippen molar-refractivity contribution in [2.45, 2.75) is 147 Å². The monoisotopic (exact) mass is 631 g/mol. The van der Waals surface area contributed by atoms with Crippen molar-refractivity contribution >= 4 is 5.71 Å². The number of nitrogens with zero attached hydrogens (tertiary/aromatic N) is 1. The maximum absolute atomic E-state index is 7.02. The van der Waals surface area contributed by atoms with Gasteiger partial charge in [-0.2, -0.15) is 0 Å². The fourth-order valence-electron chi connectivity index (χ4n) is 11.1. The molecule has 0 aromatic carbocycles. The van der Waals surface area contributed by atoms with E-state index in [9.17, 15) is 0 Å². The predicted molar refractivity (Wildman–Crippen MR) is 162 cm³/mol. The zero-order valence-corrected chi connectivity index (χ0v) is 27.9. The van der Waals surface area contributed by atoms with Crippen LogP contribution in [0.2, 0.25) is 0 Å².